The van der Waals surface area contributed by atoms with Crippen LogP contribution in [0, 0.1) is 0 Å². The van der Waals surface area contributed by atoms with Gasteiger partial charge >= 0.3 is 0 Å². The van der Waals surface area contributed by atoms with Gasteiger partial charge in [-0.3, -0.25) is 0 Å². The zero-order valence-electron chi connectivity index (χ0n) is 10.3. The van der Waals surface area contributed by atoms with Gasteiger partial charge in [0.25, 0.3) is 0 Å². The average molecular weight is 329 g/mol. The van der Waals surface area contributed by atoms with Crippen LogP contribution in [-0.2, 0) is 6.42 Å². The van der Waals surface area contributed by atoms with Gasteiger partial charge in [0.2, 0.25) is 0 Å². The van der Waals surface area contributed by atoms with Crippen molar-refractivity contribution >= 4 is 46.7 Å². The molecule has 0 amide bonds. The van der Waals surface area contributed by atoms with Crippen molar-refractivity contribution in [2.45, 2.75) is 16.2 Å². The minimum atomic E-state index is 0.596. The Hall–Kier alpha value is -0.280. The molecule has 2 rings (SSSR count). The van der Waals surface area contributed by atoms with Crippen LogP contribution >= 0.6 is 46.7 Å². The summed E-state index contributed by atoms with van der Waals surface area (Å²) >= 11 is 14.7. The third-order valence-corrected chi connectivity index (χ3v) is 4.78. The second kappa shape index (κ2) is 8.11. The molecule has 0 aliphatic rings. The van der Waals surface area contributed by atoms with Gasteiger partial charge < -0.3 is 0 Å². The lowest BCUT2D eigenvalue weighted by Gasteiger charge is -2.05. The third-order valence-electron chi connectivity index (χ3n) is 2.70. The summed E-state index contributed by atoms with van der Waals surface area (Å²) in [5.74, 6) is 0. The van der Waals surface area contributed by atoms with Gasteiger partial charge in [0.05, 0.1) is 10.4 Å². The van der Waals surface area contributed by atoms with Gasteiger partial charge in [0, 0.05) is 9.79 Å². The minimum Gasteiger partial charge on any atom is -0.114 e. The standard InChI is InChI=1S/C15H14Cl2S2/c16-10-18-14-5-1-12(2-6-14)9-13-3-7-15(8-4-13)19-11-17/h1-8H,9-11H2. The fourth-order valence-electron chi connectivity index (χ4n) is 1.77. The summed E-state index contributed by atoms with van der Waals surface area (Å²) in [6, 6.07) is 17.2. The van der Waals surface area contributed by atoms with Crippen LogP contribution in [0.4, 0.5) is 0 Å². The van der Waals surface area contributed by atoms with Crippen LogP contribution in [0.1, 0.15) is 11.1 Å². The first-order chi connectivity index (χ1) is 9.31. The minimum absolute atomic E-state index is 0.596. The molecule has 2 aromatic carbocycles. The first-order valence-corrected chi connectivity index (χ1v) is 8.91. The highest BCUT2D eigenvalue weighted by atomic mass is 35.5. The highest BCUT2D eigenvalue weighted by Crippen LogP contribution is 2.22. The predicted octanol–water partition coefficient (Wildman–Crippen LogP) is 5.85. The van der Waals surface area contributed by atoms with E-state index < -0.39 is 0 Å². The zero-order valence-corrected chi connectivity index (χ0v) is 13.5. The van der Waals surface area contributed by atoms with Crippen molar-refractivity contribution in [3.8, 4) is 0 Å². The summed E-state index contributed by atoms with van der Waals surface area (Å²) in [5, 5.41) is 1.19. The van der Waals surface area contributed by atoms with E-state index in [0.29, 0.717) is 10.4 Å². The Morgan fingerprint density at radius 3 is 1.32 bits per heavy atom. The molecule has 0 aliphatic carbocycles. The molecule has 2 aromatic rings. The topological polar surface area (TPSA) is 0 Å². The van der Waals surface area contributed by atoms with Crippen LogP contribution < -0.4 is 0 Å². The number of alkyl halides is 2. The van der Waals surface area contributed by atoms with Crippen LogP contribution in [0.25, 0.3) is 0 Å². The van der Waals surface area contributed by atoms with Gasteiger partial charge in [0.1, 0.15) is 0 Å². The molecule has 0 N–H and O–H groups in total. The zero-order chi connectivity index (χ0) is 13.5. The predicted molar refractivity (Wildman–Crippen MR) is 88.8 cm³/mol. The summed E-state index contributed by atoms with van der Waals surface area (Å²) in [6.45, 7) is 0. The molecule has 0 saturated carbocycles. The molecule has 100 valence electrons. The van der Waals surface area contributed by atoms with E-state index in [-0.39, 0.29) is 0 Å². The molecular weight excluding hydrogens is 315 g/mol. The SMILES string of the molecule is ClCSc1ccc(Cc2ccc(SCCl)cc2)cc1. The van der Waals surface area contributed by atoms with E-state index in [1.807, 2.05) is 0 Å². The number of thioether (sulfide) groups is 2. The van der Waals surface area contributed by atoms with Crippen LogP contribution in [-0.4, -0.2) is 10.4 Å². The van der Waals surface area contributed by atoms with Gasteiger partial charge in [-0.1, -0.05) is 24.3 Å². The lowest BCUT2D eigenvalue weighted by Crippen LogP contribution is -1.88. The van der Waals surface area contributed by atoms with E-state index in [9.17, 15) is 0 Å². The molecule has 0 aromatic heterocycles. The molecule has 0 saturated heterocycles. The summed E-state index contributed by atoms with van der Waals surface area (Å²) in [4.78, 5) is 2.43. The maximum absolute atomic E-state index is 5.70. The van der Waals surface area contributed by atoms with Crippen LogP contribution in [0.15, 0.2) is 58.3 Å². The quantitative estimate of drug-likeness (QED) is 0.481. The lowest BCUT2D eigenvalue weighted by atomic mass is 10.1. The van der Waals surface area contributed by atoms with Crippen molar-refractivity contribution in [1.82, 2.24) is 0 Å². The third kappa shape index (κ3) is 4.96. The van der Waals surface area contributed by atoms with E-state index in [4.69, 9.17) is 23.2 Å². The Morgan fingerprint density at radius 1 is 0.632 bits per heavy atom. The Labute approximate surface area is 132 Å². The molecule has 0 radical (unpaired) electrons. The number of hydrogen-bond donors (Lipinski definition) is 0. The average Bonchev–Trinajstić information content (AvgIpc) is 2.44. The van der Waals surface area contributed by atoms with Crippen LogP contribution in [0.3, 0.4) is 0 Å². The molecular formula is C15H14Cl2S2. The molecule has 0 nitrogen and oxygen atoms in total. The Kier molecular flexibility index (Phi) is 6.45. The maximum Gasteiger partial charge on any atom is 0.0727 e. The summed E-state index contributed by atoms with van der Waals surface area (Å²) in [5.41, 5.74) is 2.63. The lowest BCUT2D eigenvalue weighted by molar-refractivity contribution is 1.17. The largest absolute Gasteiger partial charge is 0.114 e. The van der Waals surface area contributed by atoms with Gasteiger partial charge in [0.15, 0.2) is 0 Å². The van der Waals surface area contributed by atoms with Crippen LogP contribution in [0.2, 0.25) is 0 Å². The van der Waals surface area contributed by atoms with Gasteiger partial charge in [-0.15, -0.1) is 46.7 Å². The number of hydrogen-bond acceptors (Lipinski definition) is 2. The second-order valence-electron chi connectivity index (χ2n) is 3.97. The smallest absolute Gasteiger partial charge is 0.0727 e. The Bertz CT molecular complexity index is 447. The van der Waals surface area contributed by atoms with Crippen molar-refractivity contribution in [3.63, 3.8) is 0 Å². The maximum atomic E-state index is 5.70. The molecule has 0 atom stereocenters. The highest BCUT2D eigenvalue weighted by molar-refractivity contribution is 8.00. The van der Waals surface area contributed by atoms with E-state index in [0.717, 1.165) is 6.42 Å². The van der Waals surface area contributed by atoms with E-state index in [1.165, 1.54) is 20.9 Å². The molecule has 0 unspecified atom stereocenters. The second-order valence-corrected chi connectivity index (χ2v) is 7.24. The number of halogens is 2. The molecule has 0 spiro atoms. The first-order valence-electron chi connectivity index (χ1n) is 5.87. The molecule has 19 heavy (non-hydrogen) atoms. The molecule has 0 bridgehead atoms. The molecule has 4 heteroatoms. The Morgan fingerprint density at radius 2 is 1.00 bits per heavy atom. The van der Waals surface area contributed by atoms with Gasteiger partial charge in [-0.2, -0.15) is 0 Å². The molecule has 0 heterocycles. The monoisotopic (exact) mass is 328 g/mol. The van der Waals surface area contributed by atoms with Crippen molar-refractivity contribution in [2.75, 3.05) is 10.4 Å². The van der Waals surface area contributed by atoms with Crippen molar-refractivity contribution in [1.29, 1.82) is 0 Å². The fourth-order valence-corrected chi connectivity index (χ4v) is 3.43. The van der Waals surface area contributed by atoms with Gasteiger partial charge in [-0.05, 0) is 41.8 Å². The fraction of sp³-hybridized carbons (Fsp3) is 0.200. The van der Waals surface area contributed by atoms with Gasteiger partial charge in [-0.25, -0.2) is 0 Å². The highest BCUT2D eigenvalue weighted by Gasteiger charge is 1.99. The summed E-state index contributed by atoms with van der Waals surface area (Å²) in [7, 11) is 0. The first kappa shape index (κ1) is 15.1. The number of rotatable bonds is 6. The van der Waals surface area contributed by atoms with Crippen molar-refractivity contribution in [3.05, 3.63) is 59.7 Å². The van der Waals surface area contributed by atoms with E-state index >= 15 is 0 Å². The van der Waals surface area contributed by atoms with E-state index in [2.05, 4.69) is 48.5 Å². The normalized spacial score (nSPS) is 10.6. The Balaban J connectivity index is 1.99. The van der Waals surface area contributed by atoms with Crippen LogP contribution in [0.5, 0.6) is 0 Å². The van der Waals surface area contributed by atoms with E-state index in [1.54, 1.807) is 23.5 Å². The summed E-state index contributed by atoms with van der Waals surface area (Å²) in [6.07, 6.45) is 0.956. The summed E-state index contributed by atoms with van der Waals surface area (Å²) < 4.78 is 0. The molecule has 0 aliphatic heterocycles. The van der Waals surface area contributed by atoms with Crippen molar-refractivity contribution < 1.29 is 0 Å². The number of benzene rings is 2. The van der Waals surface area contributed by atoms with Crippen molar-refractivity contribution in [2.24, 2.45) is 0 Å². The molecule has 0 fully saturated rings.